The highest BCUT2D eigenvalue weighted by molar-refractivity contribution is 14.0. The maximum atomic E-state index is 6.25. The highest BCUT2D eigenvalue weighted by atomic mass is 127. The number of guanidine groups is 1. The van der Waals surface area contributed by atoms with E-state index >= 15 is 0 Å². The highest BCUT2D eigenvalue weighted by Gasteiger charge is 2.16. The molecule has 1 fully saturated rings. The predicted octanol–water partition coefficient (Wildman–Crippen LogP) is 1.90. The Morgan fingerprint density at radius 1 is 1.19 bits per heavy atom. The summed E-state index contributed by atoms with van der Waals surface area (Å²) in [5, 5.41) is 3.73. The summed E-state index contributed by atoms with van der Waals surface area (Å²) in [6.45, 7) is 7.22. The lowest BCUT2D eigenvalue weighted by atomic mass is 10.1. The molecule has 7 nitrogen and oxygen atoms in total. The van der Waals surface area contributed by atoms with Crippen LogP contribution in [0, 0.1) is 0 Å². The van der Waals surface area contributed by atoms with E-state index in [2.05, 4.69) is 15.2 Å². The van der Waals surface area contributed by atoms with Gasteiger partial charge < -0.3 is 25.3 Å². The van der Waals surface area contributed by atoms with Crippen molar-refractivity contribution in [2.45, 2.75) is 12.8 Å². The summed E-state index contributed by atoms with van der Waals surface area (Å²) < 4.78 is 16.5. The SMILES string of the molecule is I.NC(=NCCCN1CCOCC1)NCCc1cc(Cl)c2c(c1)OCCO2. The summed E-state index contributed by atoms with van der Waals surface area (Å²) in [6, 6.07) is 3.88. The second-order valence-electron chi connectivity index (χ2n) is 6.35. The van der Waals surface area contributed by atoms with Gasteiger partial charge in [-0.15, -0.1) is 24.0 Å². The summed E-state index contributed by atoms with van der Waals surface area (Å²) in [5.74, 6) is 1.83. The third kappa shape index (κ3) is 7.17. The monoisotopic (exact) mass is 510 g/mol. The molecule has 3 N–H and O–H groups in total. The molecule has 1 saturated heterocycles. The van der Waals surface area contributed by atoms with E-state index in [0.717, 1.165) is 57.8 Å². The van der Waals surface area contributed by atoms with Crippen molar-refractivity contribution in [1.82, 2.24) is 10.2 Å². The van der Waals surface area contributed by atoms with Crippen LogP contribution in [0.1, 0.15) is 12.0 Å². The van der Waals surface area contributed by atoms with E-state index in [-0.39, 0.29) is 24.0 Å². The van der Waals surface area contributed by atoms with Crippen LogP contribution < -0.4 is 20.5 Å². The summed E-state index contributed by atoms with van der Waals surface area (Å²) in [7, 11) is 0. The number of benzene rings is 1. The molecule has 0 unspecified atom stereocenters. The maximum Gasteiger partial charge on any atom is 0.188 e. The standard InChI is InChI=1S/C18H27ClN4O3.HI/c19-15-12-14(13-16-17(15)26-11-10-25-16)2-4-22-18(20)21-3-1-5-23-6-8-24-9-7-23;/h12-13H,1-11H2,(H3,20,21,22);1H. The van der Waals surface area contributed by atoms with Gasteiger partial charge in [0.1, 0.15) is 13.2 Å². The molecule has 0 aliphatic carbocycles. The number of rotatable bonds is 7. The Balaban J connectivity index is 0.00000261. The average molecular weight is 511 g/mol. The van der Waals surface area contributed by atoms with Crippen LogP contribution in [0.15, 0.2) is 17.1 Å². The summed E-state index contributed by atoms with van der Waals surface area (Å²) in [5.41, 5.74) is 7.01. The predicted molar refractivity (Wildman–Crippen MR) is 118 cm³/mol. The minimum atomic E-state index is 0. The lowest BCUT2D eigenvalue weighted by Gasteiger charge is -2.26. The van der Waals surface area contributed by atoms with E-state index in [9.17, 15) is 0 Å². The molecule has 0 spiro atoms. The number of aliphatic imine (C=N–C) groups is 1. The molecule has 0 bridgehead atoms. The molecule has 0 radical (unpaired) electrons. The second-order valence-corrected chi connectivity index (χ2v) is 6.76. The van der Waals surface area contributed by atoms with Gasteiger partial charge in [0.25, 0.3) is 0 Å². The van der Waals surface area contributed by atoms with Crippen molar-refractivity contribution in [3.05, 3.63) is 22.7 Å². The van der Waals surface area contributed by atoms with Gasteiger partial charge in [-0.2, -0.15) is 0 Å². The van der Waals surface area contributed by atoms with E-state index < -0.39 is 0 Å². The normalized spacial score (nSPS) is 17.3. The molecule has 0 aromatic heterocycles. The highest BCUT2D eigenvalue weighted by Crippen LogP contribution is 2.38. The van der Waals surface area contributed by atoms with E-state index in [0.29, 0.717) is 42.2 Å². The Morgan fingerprint density at radius 3 is 2.78 bits per heavy atom. The Morgan fingerprint density at radius 2 is 1.96 bits per heavy atom. The molecule has 1 aromatic carbocycles. The van der Waals surface area contributed by atoms with Gasteiger partial charge >= 0.3 is 0 Å². The van der Waals surface area contributed by atoms with Crippen LogP contribution in [0.5, 0.6) is 11.5 Å². The van der Waals surface area contributed by atoms with Crippen molar-refractivity contribution >= 4 is 41.5 Å². The maximum absolute atomic E-state index is 6.25. The second kappa shape index (κ2) is 11.8. The first-order valence-corrected chi connectivity index (χ1v) is 9.52. The van der Waals surface area contributed by atoms with E-state index in [1.807, 2.05) is 12.1 Å². The number of hydrogen-bond donors (Lipinski definition) is 2. The molecule has 0 saturated carbocycles. The quantitative estimate of drug-likeness (QED) is 0.252. The van der Waals surface area contributed by atoms with Gasteiger partial charge in [0.05, 0.1) is 18.2 Å². The molecule has 2 aliphatic rings. The minimum Gasteiger partial charge on any atom is -0.486 e. The fourth-order valence-electron chi connectivity index (χ4n) is 3.02. The van der Waals surface area contributed by atoms with Crippen LogP contribution in [0.2, 0.25) is 5.02 Å². The Kier molecular flexibility index (Phi) is 9.74. The van der Waals surface area contributed by atoms with Gasteiger partial charge in [-0.1, -0.05) is 11.6 Å². The molecule has 2 aliphatic heterocycles. The van der Waals surface area contributed by atoms with Crippen molar-refractivity contribution < 1.29 is 14.2 Å². The third-order valence-corrected chi connectivity index (χ3v) is 4.68. The van der Waals surface area contributed by atoms with Crippen molar-refractivity contribution in [2.24, 2.45) is 10.7 Å². The molecule has 152 valence electrons. The molecule has 3 rings (SSSR count). The van der Waals surface area contributed by atoms with Gasteiger partial charge in [-0.25, -0.2) is 0 Å². The molecular weight excluding hydrogens is 483 g/mol. The number of nitrogens with one attached hydrogen (secondary N) is 1. The van der Waals surface area contributed by atoms with Crippen LogP contribution in [-0.2, 0) is 11.2 Å². The van der Waals surface area contributed by atoms with Crippen molar-refractivity contribution in [1.29, 1.82) is 0 Å². The van der Waals surface area contributed by atoms with Gasteiger partial charge in [0.2, 0.25) is 0 Å². The third-order valence-electron chi connectivity index (χ3n) is 4.39. The van der Waals surface area contributed by atoms with Crippen molar-refractivity contribution in [3.8, 4) is 11.5 Å². The van der Waals surface area contributed by atoms with Gasteiger partial charge in [-0.05, 0) is 30.5 Å². The van der Waals surface area contributed by atoms with E-state index in [4.69, 9.17) is 31.5 Å². The van der Waals surface area contributed by atoms with E-state index in [1.54, 1.807) is 0 Å². The van der Waals surface area contributed by atoms with Crippen molar-refractivity contribution in [2.75, 3.05) is 59.2 Å². The first kappa shape index (κ1) is 22.3. The lowest BCUT2D eigenvalue weighted by Crippen LogP contribution is -2.37. The van der Waals surface area contributed by atoms with E-state index in [1.165, 1.54) is 0 Å². The largest absolute Gasteiger partial charge is 0.486 e. The van der Waals surface area contributed by atoms with Crippen LogP contribution >= 0.6 is 35.6 Å². The fraction of sp³-hybridized carbons (Fsp3) is 0.611. The molecule has 27 heavy (non-hydrogen) atoms. The number of hydrogen-bond acceptors (Lipinski definition) is 5. The molecule has 2 heterocycles. The van der Waals surface area contributed by atoms with Gasteiger partial charge in [0.15, 0.2) is 17.5 Å². The van der Waals surface area contributed by atoms with Gasteiger partial charge in [0, 0.05) is 32.7 Å². The zero-order valence-corrected chi connectivity index (χ0v) is 18.5. The molecule has 0 amide bonds. The smallest absolute Gasteiger partial charge is 0.188 e. The lowest BCUT2D eigenvalue weighted by molar-refractivity contribution is 0.0377. The van der Waals surface area contributed by atoms with Crippen LogP contribution in [0.25, 0.3) is 0 Å². The topological polar surface area (TPSA) is 81.3 Å². The zero-order valence-electron chi connectivity index (χ0n) is 15.4. The zero-order chi connectivity index (χ0) is 18.2. The fourth-order valence-corrected chi connectivity index (χ4v) is 3.31. The number of nitrogens with zero attached hydrogens (tertiary/aromatic N) is 2. The Labute approximate surface area is 182 Å². The molecular formula is C18H28ClIN4O3. The van der Waals surface area contributed by atoms with Crippen LogP contribution in [-0.4, -0.2) is 70.0 Å². The molecule has 0 atom stereocenters. The first-order chi connectivity index (χ1) is 12.7. The molecule has 9 heteroatoms. The van der Waals surface area contributed by atoms with Gasteiger partial charge in [-0.3, -0.25) is 9.89 Å². The number of fused-ring (bicyclic) bond motifs is 1. The average Bonchev–Trinajstić information content (AvgIpc) is 2.66. The van der Waals surface area contributed by atoms with Crippen LogP contribution in [0.4, 0.5) is 0 Å². The first-order valence-electron chi connectivity index (χ1n) is 9.14. The number of ether oxygens (including phenoxy) is 3. The molecule has 1 aromatic rings. The van der Waals surface area contributed by atoms with Crippen molar-refractivity contribution in [3.63, 3.8) is 0 Å². The minimum absolute atomic E-state index is 0. The Bertz CT molecular complexity index is 627. The number of nitrogens with two attached hydrogens (primary N) is 1. The summed E-state index contributed by atoms with van der Waals surface area (Å²) in [4.78, 5) is 6.78. The number of halogens is 2. The summed E-state index contributed by atoms with van der Waals surface area (Å²) >= 11 is 6.25. The number of morpholine rings is 1. The Hall–Kier alpha value is -0.970. The summed E-state index contributed by atoms with van der Waals surface area (Å²) in [6.07, 6.45) is 1.78. The van der Waals surface area contributed by atoms with Crippen LogP contribution in [0.3, 0.4) is 0 Å².